The Kier molecular flexibility index (Phi) is 5.45. The zero-order chi connectivity index (χ0) is 14.4. The first-order valence-corrected chi connectivity index (χ1v) is 7.76. The van der Waals surface area contributed by atoms with E-state index in [1.165, 1.54) is 0 Å². The van der Waals surface area contributed by atoms with Crippen LogP contribution in [0.15, 0.2) is 11.4 Å². The Hall–Kier alpha value is -1.51. The van der Waals surface area contributed by atoms with Crippen molar-refractivity contribution in [2.45, 2.75) is 25.8 Å². The first-order valence-electron chi connectivity index (χ1n) is 6.88. The fraction of sp³-hybridized carbons (Fsp3) is 0.533. The molecule has 1 aliphatic rings. The Balaban J connectivity index is 1.89. The number of rotatable bonds is 3. The van der Waals surface area contributed by atoms with Gasteiger partial charge >= 0.3 is 6.03 Å². The van der Waals surface area contributed by atoms with Crippen molar-refractivity contribution in [3.63, 3.8) is 0 Å². The Morgan fingerprint density at radius 1 is 1.50 bits per heavy atom. The van der Waals surface area contributed by atoms with Crippen LogP contribution in [0.4, 0.5) is 4.79 Å². The van der Waals surface area contributed by atoms with Gasteiger partial charge in [-0.2, -0.15) is 0 Å². The Labute approximate surface area is 124 Å². The van der Waals surface area contributed by atoms with E-state index in [4.69, 9.17) is 5.11 Å². The molecule has 1 aliphatic heterocycles. The molecular formula is C15H20N2O2S. The van der Waals surface area contributed by atoms with Crippen LogP contribution in [0.25, 0.3) is 0 Å². The molecule has 0 unspecified atom stereocenters. The predicted molar refractivity (Wildman–Crippen MR) is 80.6 cm³/mol. The molecule has 1 saturated heterocycles. The normalized spacial score (nSPS) is 14.0. The minimum absolute atomic E-state index is 0.0955. The number of urea groups is 1. The van der Waals surface area contributed by atoms with Crippen molar-refractivity contribution < 1.29 is 9.90 Å². The lowest BCUT2D eigenvalue weighted by Crippen LogP contribution is -2.38. The van der Waals surface area contributed by atoms with Crippen molar-refractivity contribution in [3.05, 3.63) is 21.9 Å². The molecular weight excluding hydrogens is 272 g/mol. The second-order valence-electron chi connectivity index (χ2n) is 4.93. The number of aliphatic hydroxyl groups is 1. The van der Waals surface area contributed by atoms with E-state index in [1.54, 1.807) is 16.2 Å². The van der Waals surface area contributed by atoms with E-state index in [9.17, 15) is 4.79 Å². The molecule has 1 fully saturated rings. The van der Waals surface area contributed by atoms with Crippen molar-refractivity contribution in [2.24, 2.45) is 0 Å². The SMILES string of the molecule is CN(Cc1csc(C#CCCO)c1)C(=O)N1CCCC1. The lowest BCUT2D eigenvalue weighted by atomic mass is 10.3. The van der Waals surface area contributed by atoms with Crippen LogP contribution in [0.3, 0.4) is 0 Å². The summed E-state index contributed by atoms with van der Waals surface area (Å²) < 4.78 is 0. The average Bonchev–Trinajstić information content (AvgIpc) is 3.09. The van der Waals surface area contributed by atoms with Gasteiger partial charge in [-0.1, -0.05) is 11.8 Å². The van der Waals surface area contributed by atoms with Crippen LogP contribution in [0.1, 0.15) is 29.7 Å². The molecule has 0 aromatic carbocycles. The zero-order valence-electron chi connectivity index (χ0n) is 11.8. The minimum atomic E-state index is 0.0955. The monoisotopic (exact) mass is 292 g/mol. The molecule has 5 heteroatoms. The number of carbonyl (C=O) groups excluding carboxylic acids is 1. The smallest absolute Gasteiger partial charge is 0.320 e. The van der Waals surface area contributed by atoms with Gasteiger partial charge < -0.3 is 14.9 Å². The van der Waals surface area contributed by atoms with Crippen LogP contribution in [0, 0.1) is 11.8 Å². The van der Waals surface area contributed by atoms with Crippen LogP contribution in [-0.2, 0) is 6.54 Å². The van der Waals surface area contributed by atoms with Gasteiger partial charge in [-0.15, -0.1) is 11.3 Å². The van der Waals surface area contributed by atoms with Gasteiger partial charge in [-0.3, -0.25) is 0 Å². The maximum atomic E-state index is 12.2. The molecule has 1 N–H and O–H groups in total. The van der Waals surface area contributed by atoms with Gasteiger partial charge in [0.15, 0.2) is 0 Å². The number of nitrogens with zero attached hydrogens (tertiary/aromatic N) is 2. The highest BCUT2D eigenvalue weighted by molar-refractivity contribution is 7.10. The highest BCUT2D eigenvalue weighted by atomic mass is 32.1. The quantitative estimate of drug-likeness (QED) is 0.867. The summed E-state index contributed by atoms with van der Waals surface area (Å²) in [5.74, 6) is 5.93. The lowest BCUT2D eigenvalue weighted by Gasteiger charge is -2.23. The maximum Gasteiger partial charge on any atom is 0.320 e. The second-order valence-corrected chi connectivity index (χ2v) is 5.84. The number of hydrogen-bond acceptors (Lipinski definition) is 3. The Morgan fingerprint density at radius 2 is 2.25 bits per heavy atom. The summed E-state index contributed by atoms with van der Waals surface area (Å²) in [4.78, 5) is 16.8. The summed E-state index contributed by atoms with van der Waals surface area (Å²) >= 11 is 1.58. The number of thiophene rings is 1. The van der Waals surface area contributed by atoms with Gasteiger partial charge in [-0.25, -0.2) is 4.79 Å². The van der Waals surface area contributed by atoms with E-state index in [1.807, 2.05) is 23.4 Å². The van der Waals surface area contributed by atoms with E-state index >= 15 is 0 Å². The molecule has 2 amide bonds. The molecule has 0 spiro atoms. The number of carbonyl (C=O) groups is 1. The fourth-order valence-electron chi connectivity index (χ4n) is 2.22. The number of hydrogen-bond donors (Lipinski definition) is 1. The second kappa shape index (κ2) is 7.32. The molecule has 0 saturated carbocycles. The minimum Gasteiger partial charge on any atom is -0.395 e. The average molecular weight is 292 g/mol. The predicted octanol–water partition coefficient (Wildman–Crippen LogP) is 2.13. The third-order valence-corrected chi connectivity index (χ3v) is 4.12. The summed E-state index contributed by atoms with van der Waals surface area (Å²) in [6, 6.07) is 2.13. The van der Waals surface area contributed by atoms with Crippen LogP contribution in [0.5, 0.6) is 0 Å². The first kappa shape index (κ1) is 14.9. The topological polar surface area (TPSA) is 43.8 Å². The maximum absolute atomic E-state index is 12.2. The zero-order valence-corrected chi connectivity index (χ0v) is 12.6. The van der Waals surface area contributed by atoms with Gasteiger partial charge in [0.05, 0.1) is 11.5 Å². The molecule has 108 valence electrons. The fourth-order valence-corrected chi connectivity index (χ4v) is 2.99. The van der Waals surface area contributed by atoms with Gasteiger partial charge in [0.2, 0.25) is 0 Å². The number of aliphatic hydroxyl groups excluding tert-OH is 1. The van der Waals surface area contributed by atoms with Crippen molar-refractivity contribution >= 4 is 17.4 Å². The first-order chi connectivity index (χ1) is 9.70. The van der Waals surface area contributed by atoms with Crippen molar-refractivity contribution in [2.75, 3.05) is 26.7 Å². The highest BCUT2D eigenvalue weighted by Crippen LogP contribution is 2.17. The van der Waals surface area contributed by atoms with Gasteiger partial charge in [-0.05, 0) is 29.9 Å². The van der Waals surface area contributed by atoms with Crippen molar-refractivity contribution in [3.8, 4) is 11.8 Å². The summed E-state index contributed by atoms with van der Waals surface area (Å²) in [5.41, 5.74) is 1.11. The summed E-state index contributed by atoms with van der Waals surface area (Å²) in [7, 11) is 1.84. The van der Waals surface area contributed by atoms with Gasteiger partial charge in [0.25, 0.3) is 0 Å². The molecule has 20 heavy (non-hydrogen) atoms. The standard InChI is InChI=1S/C15H20N2O2S/c1-16(15(19)17-7-3-4-8-17)11-13-10-14(20-12-13)6-2-5-9-18/h10,12,18H,3-5,7-9,11H2,1H3. The number of likely N-dealkylation sites (tertiary alicyclic amines) is 1. The van der Waals surface area contributed by atoms with E-state index in [2.05, 4.69) is 11.8 Å². The summed E-state index contributed by atoms with van der Waals surface area (Å²) in [6.45, 7) is 2.47. The largest absolute Gasteiger partial charge is 0.395 e. The molecule has 0 aliphatic carbocycles. The third kappa shape index (κ3) is 3.99. The molecule has 0 bridgehead atoms. The summed E-state index contributed by atoms with van der Waals surface area (Å²) in [5, 5.41) is 10.7. The van der Waals surface area contributed by atoms with E-state index in [0.717, 1.165) is 36.4 Å². The van der Waals surface area contributed by atoms with Crippen molar-refractivity contribution in [1.29, 1.82) is 0 Å². The van der Waals surface area contributed by atoms with E-state index in [0.29, 0.717) is 13.0 Å². The third-order valence-electron chi connectivity index (χ3n) is 3.23. The number of amides is 2. The molecule has 0 radical (unpaired) electrons. The Bertz CT molecular complexity index is 509. The molecule has 1 aromatic heterocycles. The van der Waals surface area contributed by atoms with E-state index in [-0.39, 0.29) is 12.6 Å². The lowest BCUT2D eigenvalue weighted by molar-refractivity contribution is 0.171. The van der Waals surface area contributed by atoms with Crippen LogP contribution in [0.2, 0.25) is 0 Å². The van der Waals surface area contributed by atoms with Crippen LogP contribution >= 0.6 is 11.3 Å². The molecule has 0 atom stereocenters. The van der Waals surface area contributed by atoms with Crippen molar-refractivity contribution in [1.82, 2.24) is 9.80 Å². The van der Waals surface area contributed by atoms with E-state index < -0.39 is 0 Å². The molecule has 2 heterocycles. The molecule has 1 aromatic rings. The molecule has 2 rings (SSSR count). The van der Waals surface area contributed by atoms with Crippen LogP contribution < -0.4 is 0 Å². The van der Waals surface area contributed by atoms with Gasteiger partial charge in [0, 0.05) is 33.1 Å². The molecule has 4 nitrogen and oxygen atoms in total. The highest BCUT2D eigenvalue weighted by Gasteiger charge is 2.21. The Morgan fingerprint density at radius 3 is 2.95 bits per heavy atom. The van der Waals surface area contributed by atoms with Gasteiger partial charge in [0.1, 0.15) is 0 Å². The summed E-state index contributed by atoms with van der Waals surface area (Å²) in [6.07, 6.45) is 2.73. The van der Waals surface area contributed by atoms with Crippen LogP contribution in [-0.4, -0.2) is 47.7 Å².